The number of hydrogen-bond donors (Lipinski definition) is 1. The van der Waals surface area contributed by atoms with E-state index in [9.17, 15) is 22.0 Å². The summed E-state index contributed by atoms with van der Waals surface area (Å²) in [6.07, 6.45) is 0. The molecule has 0 spiro atoms. The number of rotatable bonds is 5. The van der Waals surface area contributed by atoms with E-state index < -0.39 is 33.4 Å². The van der Waals surface area contributed by atoms with Crippen LogP contribution in [0.3, 0.4) is 0 Å². The van der Waals surface area contributed by atoms with E-state index in [1.807, 2.05) is 0 Å². The van der Waals surface area contributed by atoms with Crippen LogP contribution >= 0.6 is 0 Å². The van der Waals surface area contributed by atoms with E-state index in [0.717, 1.165) is 18.2 Å². The Balaban J connectivity index is 2.43. The second-order valence-corrected chi connectivity index (χ2v) is 6.17. The molecule has 1 N–H and O–H groups in total. The van der Waals surface area contributed by atoms with E-state index in [1.165, 1.54) is 26.2 Å². The molecule has 0 atom stereocenters. The summed E-state index contributed by atoms with van der Waals surface area (Å²) >= 11 is 0. The number of nitrogens with one attached hydrogen (secondary N) is 1. The third-order valence-electron chi connectivity index (χ3n) is 2.85. The molecule has 0 saturated carbocycles. The molecule has 0 fully saturated rings. The van der Waals surface area contributed by atoms with Gasteiger partial charge in [0.05, 0.1) is 7.11 Å². The smallest absolute Gasteiger partial charge is 0.343 e. The summed E-state index contributed by atoms with van der Waals surface area (Å²) in [5.74, 6) is -3.22. The lowest BCUT2D eigenvalue weighted by molar-refractivity contribution is -0.114. The van der Waals surface area contributed by atoms with Gasteiger partial charge in [-0.2, -0.15) is 8.42 Å². The molecule has 0 aliphatic heterocycles. The van der Waals surface area contributed by atoms with Gasteiger partial charge in [-0.1, -0.05) is 0 Å². The van der Waals surface area contributed by atoms with Crippen LogP contribution in [-0.2, 0) is 14.9 Å². The van der Waals surface area contributed by atoms with Gasteiger partial charge in [0.1, 0.15) is 16.4 Å². The highest BCUT2D eigenvalue weighted by Gasteiger charge is 2.23. The summed E-state index contributed by atoms with van der Waals surface area (Å²) in [5, 5.41) is 2.42. The third kappa shape index (κ3) is 3.99. The summed E-state index contributed by atoms with van der Waals surface area (Å²) < 4.78 is 60.6. The van der Waals surface area contributed by atoms with Crippen LogP contribution in [0.5, 0.6) is 11.5 Å². The van der Waals surface area contributed by atoms with Crippen LogP contribution in [0.1, 0.15) is 6.92 Å². The molecule has 6 nitrogen and oxygen atoms in total. The zero-order chi connectivity index (χ0) is 17.9. The number of benzene rings is 2. The first-order valence-corrected chi connectivity index (χ1v) is 7.99. The lowest BCUT2D eigenvalue weighted by Gasteiger charge is -2.12. The molecule has 24 heavy (non-hydrogen) atoms. The average Bonchev–Trinajstić information content (AvgIpc) is 2.50. The molecule has 0 bridgehead atoms. The summed E-state index contributed by atoms with van der Waals surface area (Å²) in [4.78, 5) is 10.7. The fourth-order valence-corrected chi connectivity index (χ4v) is 2.97. The van der Waals surface area contributed by atoms with Crippen molar-refractivity contribution in [3.05, 3.63) is 48.0 Å². The first-order chi connectivity index (χ1) is 11.2. The van der Waals surface area contributed by atoms with E-state index in [0.29, 0.717) is 6.07 Å². The molecule has 0 aliphatic carbocycles. The van der Waals surface area contributed by atoms with Gasteiger partial charge in [-0.05, 0) is 30.3 Å². The van der Waals surface area contributed by atoms with Crippen molar-refractivity contribution in [2.24, 2.45) is 0 Å². The fourth-order valence-electron chi connectivity index (χ4n) is 1.85. The molecule has 0 heterocycles. The van der Waals surface area contributed by atoms with Gasteiger partial charge < -0.3 is 14.2 Å². The van der Waals surface area contributed by atoms with E-state index in [4.69, 9.17) is 8.92 Å². The minimum atomic E-state index is -4.41. The normalized spacial score (nSPS) is 11.0. The Morgan fingerprint density at radius 2 is 1.79 bits per heavy atom. The number of amides is 1. The van der Waals surface area contributed by atoms with Crippen LogP contribution in [0.25, 0.3) is 0 Å². The number of carbonyl (C=O) groups excluding carboxylic acids is 1. The summed E-state index contributed by atoms with van der Waals surface area (Å²) in [7, 11) is -3.16. The maximum Gasteiger partial charge on any atom is 0.343 e. The van der Waals surface area contributed by atoms with Gasteiger partial charge in [0.25, 0.3) is 0 Å². The van der Waals surface area contributed by atoms with Crippen LogP contribution in [0.15, 0.2) is 41.3 Å². The van der Waals surface area contributed by atoms with Crippen LogP contribution in [0.2, 0.25) is 0 Å². The van der Waals surface area contributed by atoms with Crippen molar-refractivity contribution in [1.82, 2.24) is 0 Å². The summed E-state index contributed by atoms with van der Waals surface area (Å²) in [5.41, 5.74) is 0.204. The van der Waals surface area contributed by atoms with Gasteiger partial charge in [-0.25, -0.2) is 8.78 Å². The monoisotopic (exact) mass is 357 g/mol. The zero-order valence-electron chi connectivity index (χ0n) is 12.7. The third-order valence-corrected chi connectivity index (χ3v) is 4.12. The van der Waals surface area contributed by atoms with Crippen molar-refractivity contribution in [2.45, 2.75) is 11.8 Å². The predicted molar refractivity (Wildman–Crippen MR) is 81.5 cm³/mol. The van der Waals surface area contributed by atoms with Crippen LogP contribution in [0.4, 0.5) is 14.5 Å². The van der Waals surface area contributed by atoms with Crippen LogP contribution < -0.4 is 14.2 Å². The lowest BCUT2D eigenvalue weighted by atomic mass is 10.3. The Hall–Kier alpha value is -2.68. The number of halogens is 2. The molecule has 1 amide bonds. The quantitative estimate of drug-likeness (QED) is 0.832. The van der Waals surface area contributed by atoms with E-state index in [-0.39, 0.29) is 16.3 Å². The topological polar surface area (TPSA) is 81.7 Å². The van der Waals surface area contributed by atoms with E-state index in [1.54, 1.807) is 0 Å². The molecular formula is C15H13F2NO5S. The van der Waals surface area contributed by atoms with Gasteiger partial charge in [-0.15, -0.1) is 0 Å². The van der Waals surface area contributed by atoms with Crippen molar-refractivity contribution in [3.63, 3.8) is 0 Å². The van der Waals surface area contributed by atoms with Crippen LogP contribution in [-0.4, -0.2) is 21.4 Å². The van der Waals surface area contributed by atoms with Gasteiger partial charge in [-0.3, -0.25) is 4.79 Å². The molecule has 2 aromatic carbocycles. The van der Waals surface area contributed by atoms with Crippen molar-refractivity contribution in [1.29, 1.82) is 0 Å². The van der Waals surface area contributed by atoms with Crippen LogP contribution in [0, 0.1) is 11.6 Å². The van der Waals surface area contributed by atoms with Gasteiger partial charge in [0.15, 0.2) is 11.6 Å². The highest BCUT2D eigenvalue weighted by Crippen LogP contribution is 2.30. The molecular weight excluding hydrogens is 344 g/mol. The van der Waals surface area contributed by atoms with Crippen molar-refractivity contribution >= 4 is 21.7 Å². The van der Waals surface area contributed by atoms with E-state index in [2.05, 4.69) is 5.32 Å². The second-order valence-electron chi connectivity index (χ2n) is 4.66. The standard InChI is InChI=1S/C15H13F2NO5S/c1-9(19)18-10-3-6-14(22-2)15(7-10)24(20,21)23-11-4-5-12(16)13(17)8-11/h3-8H,1-2H3,(H,18,19). The molecule has 0 unspecified atom stereocenters. The highest BCUT2D eigenvalue weighted by atomic mass is 32.2. The largest absolute Gasteiger partial charge is 0.495 e. The molecule has 0 radical (unpaired) electrons. The SMILES string of the molecule is COc1ccc(NC(C)=O)cc1S(=O)(=O)Oc1ccc(F)c(F)c1. The van der Waals surface area contributed by atoms with E-state index >= 15 is 0 Å². The molecule has 2 rings (SSSR count). The number of anilines is 1. The van der Waals surface area contributed by atoms with Crippen molar-refractivity contribution in [3.8, 4) is 11.5 Å². The molecule has 2 aromatic rings. The Morgan fingerprint density at radius 1 is 1.08 bits per heavy atom. The second kappa shape index (κ2) is 6.83. The zero-order valence-corrected chi connectivity index (χ0v) is 13.5. The Morgan fingerprint density at radius 3 is 2.38 bits per heavy atom. The lowest BCUT2D eigenvalue weighted by Crippen LogP contribution is -2.13. The number of methoxy groups -OCH3 is 1. The molecule has 0 aromatic heterocycles. The van der Waals surface area contributed by atoms with Crippen molar-refractivity contribution in [2.75, 3.05) is 12.4 Å². The van der Waals surface area contributed by atoms with Gasteiger partial charge in [0, 0.05) is 18.7 Å². The Bertz CT molecular complexity index is 883. The Kier molecular flexibility index (Phi) is 5.03. The highest BCUT2D eigenvalue weighted by molar-refractivity contribution is 7.87. The minimum Gasteiger partial charge on any atom is -0.495 e. The molecule has 128 valence electrons. The predicted octanol–water partition coefficient (Wildman–Crippen LogP) is 2.70. The number of ether oxygens (including phenoxy) is 1. The minimum absolute atomic E-state index is 0.0355. The first-order valence-electron chi connectivity index (χ1n) is 6.58. The summed E-state index contributed by atoms with van der Waals surface area (Å²) in [6.45, 7) is 1.26. The molecule has 0 aliphatic rings. The van der Waals surface area contributed by atoms with Crippen molar-refractivity contribution < 1.29 is 30.9 Å². The number of carbonyl (C=O) groups is 1. The molecule has 9 heteroatoms. The maximum atomic E-state index is 13.2. The summed E-state index contributed by atoms with van der Waals surface area (Å²) in [6, 6.07) is 6.22. The van der Waals surface area contributed by atoms with Gasteiger partial charge in [0.2, 0.25) is 5.91 Å². The molecule has 0 saturated heterocycles. The fraction of sp³-hybridized carbons (Fsp3) is 0.133. The number of hydrogen-bond acceptors (Lipinski definition) is 5. The van der Waals surface area contributed by atoms with Gasteiger partial charge >= 0.3 is 10.1 Å². The average molecular weight is 357 g/mol. The first kappa shape index (κ1) is 17.7. The Labute approximate surface area is 137 Å². The maximum absolute atomic E-state index is 13.2.